The molecule has 2 aromatic rings. The molecule has 0 atom stereocenters. The molecule has 0 N–H and O–H groups in total. The molecule has 1 aliphatic heterocycles. The van der Waals surface area contributed by atoms with Gasteiger partial charge >= 0.3 is 0 Å². The van der Waals surface area contributed by atoms with Gasteiger partial charge in [0, 0.05) is 39.3 Å². The molecule has 0 bridgehead atoms. The second-order valence-corrected chi connectivity index (χ2v) is 9.95. The number of thiazole rings is 1. The van der Waals surface area contributed by atoms with Gasteiger partial charge in [-0.3, -0.25) is 14.6 Å². The lowest BCUT2D eigenvalue weighted by atomic mass is 10.3. The van der Waals surface area contributed by atoms with Crippen molar-refractivity contribution in [1.29, 1.82) is 0 Å². The largest absolute Gasteiger partial charge is 0.497 e. The van der Waals surface area contributed by atoms with Crippen LogP contribution in [0.4, 0.5) is 5.13 Å². The minimum Gasteiger partial charge on any atom is -0.497 e. The van der Waals surface area contributed by atoms with Crippen molar-refractivity contribution in [1.82, 2.24) is 14.2 Å². The van der Waals surface area contributed by atoms with E-state index in [1.807, 2.05) is 18.2 Å². The number of morpholine rings is 1. The third kappa shape index (κ3) is 5.64. The molecule has 0 saturated carbocycles. The number of carbonyl (C=O) groups excluding carboxylic acids is 1. The average molecular weight is 443 g/mol. The van der Waals surface area contributed by atoms with Gasteiger partial charge in [0.15, 0.2) is 5.13 Å². The first kappa shape index (κ1) is 21.9. The number of nitrogens with zero attached hydrogens (tertiary/aromatic N) is 4. The number of benzene rings is 1. The lowest BCUT2D eigenvalue weighted by Gasteiger charge is -2.29. The second kappa shape index (κ2) is 9.35. The van der Waals surface area contributed by atoms with Crippen LogP contribution < -0.4 is 9.64 Å². The zero-order chi connectivity index (χ0) is 21.0. The van der Waals surface area contributed by atoms with Crippen LogP contribution in [0.1, 0.15) is 0 Å². The SMILES string of the molecule is COc1ccc2sc(N(CCN3CCOCC3)C(=O)CN(C)S(C)(=O)=O)nc2c1. The van der Waals surface area contributed by atoms with Crippen molar-refractivity contribution in [3.05, 3.63) is 18.2 Å². The van der Waals surface area contributed by atoms with E-state index in [1.165, 1.54) is 18.4 Å². The maximum Gasteiger partial charge on any atom is 0.244 e. The highest BCUT2D eigenvalue weighted by atomic mass is 32.2. The van der Waals surface area contributed by atoms with Crippen LogP contribution in [0.15, 0.2) is 18.2 Å². The van der Waals surface area contributed by atoms with Gasteiger partial charge in [0.2, 0.25) is 15.9 Å². The van der Waals surface area contributed by atoms with Gasteiger partial charge in [-0.2, -0.15) is 4.31 Å². The summed E-state index contributed by atoms with van der Waals surface area (Å²) in [7, 11) is -0.467. The van der Waals surface area contributed by atoms with Crippen molar-refractivity contribution in [2.45, 2.75) is 0 Å². The van der Waals surface area contributed by atoms with E-state index in [4.69, 9.17) is 9.47 Å². The van der Waals surface area contributed by atoms with E-state index in [0.29, 0.717) is 37.2 Å². The van der Waals surface area contributed by atoms with Crippen molar-refractivity contribution < 1.29 is 22.7 Å². The van der Waals surface area contributed by atoms with E-state index in [2.05, 4.69) is 9.88 Å². The third-order valence-corrected chi connectivity index (χ3v) is 7.10. The van der Waals surface area contributed by atoms with Crippen LogP contribution in [0.3, 0.4) is 0 Å². The van der Waals surface area contributed by atoms with Gasteiger partial charge in [0.1, 0.15) is 5.75 Å². The number of aromatic nitrogens is 1. The second-order valence-electron chi connectivity index (χ2n) is 6.85. The normalized spacial score (nSPS) is 15.7. The predicted octanol–water partition coefficient (Wildman–Crippen LogP) is 0.862. The Morgan fingerprint density at radius 1 is 1.34 bits per heavy atom. The number of rotatable bonds is 8. The summed E-state index contributed by atoms with van der Waals surface area (Å²) < 4.78 is 36.1. The van der Waals surface area contributed by atoms with Crippen molar-refractivity contribution in [3.8, 4) is 5.75 Å². The summed E-state index contributed by atoms with van der Waals surface area (Å²) in [6.45, 7) is 3.81. The first-order chi connectivity index (χ1) is 13.8. The highest BCUT2D eigenvalue weighted by Crippen LogP contribution is 2.31. The molecule has 0 spiro atoms. The van der Waals surface area contributed by atoms with Crippen LogP contribution in [0.5, 0.6) is 5.75 Å². The molecule has 1 aromatic heterocycles. The van der Waals surface area contributed by atoms with Crippen LogP contribution in [-0.2, 0) is 19.6 Å². The summed E-state index contributed by atoms with van der Waals surface area (Å²) in [5, 5.41) is 0.549. The lowest BCUT2D eigenvalue weighted by molar-refractivity contribution is -0.118. The maximum absolute atomic E-state index is 13.0. The van der Waals surface area contributed by atoms with Crippen LogP contribution in [0.25, 0.3) is 10.2 Å². The Morgan fingerprint density at radius 3 is 2.72 bits per heavy atom. The van der Waals surface area contributed by atoms with Crippen molar-refractivity contribution in [3.63, 3.8) is 0 Å². The molecule has 1 aromatic carbocycles. The van der Waals surface area contributed by atoms with Crippen LogP contribution >= 0.6 is 11.3 Å². The molecule has 29 heavy (non-hydrogen) atoms. The predicted molar refractivity (Wildman–Crippen MR) is 113 cm³/mol. The standard InChI is InChI=1S/C18H26N4O5S2/c1-20(29(3,24)25)13-17(23)22(7-6-21-8-10-27-11-9-21)18-19-15-12-14(26-2)4-5-16(15)28-18/h4-5,12H,6-11,13H2,1-3H3. The Hall–Kier alpha value is -1.79. The first-order valence-electron chi connectivity index (χ1n) is 9.24. The number of hydrogen-bond donors (Lipinski definition) is 0. The van der Waals surface area contributed by atoms with E-state index in [1.54, 1.807) is 12.0 Å². The Morgan fingerprint density at radius 2 is 2.07 bits per heavy atom. The highest BCUT2D eigenvalue weighted by Gasteiger charge is 2.25. The molecule has 160 valence electrons. The summed E-state index contributed by atoms with van der Waals surface area (Å²) in [5.74, 6) is 0.384. The van der Waals surface area contributed by atoms with Gasteiger partial charge in [-0.05, 0) is 12.1 Å². The molecule has 1 fully saturated rings. The Balaban J connectivity index is 1.83. The molecule has 1 saturated heterocycles. The summed E-state index contributed by atoms with van der Waals surface area (Å²) in [6.07, 6.45) is 1.09. The number of hydrogen-bond acceptors (Lipinski definition) is 8. The topological polar surface area (TPSA) is 92.3 Å². The fraction of sp³-hybridized carbons (Fsp3) is 0.556. The van der Waals surface area contributed by atoms with Crippen LogP contribution in [0, 0.1) is 0 Å². The maximum atomic E-state index is 13.0. The van der Waals surface area contributed by atoms with Crippen LogP contribution in [-0.4, -0.2) is 94.9 Å². The number of likely N-dealkylation sites (N-methyl/N-ethyl adjacent to an activating group) is 1. The van der Waals surface area contributed by atoms with Gasteiger partial charge in [-0.15, -0.1) is 0 Å². The molecule has 0 radical (unpaired) electrons. The number of anilines is 1. The zero-order valence-electron chi connectivity index (χ0n) is 16.8. The zero-order valence-corrected chi connectivity index (χ0v) is 18.5. The number of amides is 1. The van der Waals surface area contributed by atoms with E-state index in [0.717, 1.165) is 33.9 Å². The van der Waals surface area contributed by atoms with Crippen molar-refractivity contribution in [2.75, 3.05) is 71.3 Å². The molecule has 11 heteroatoms. The fourth-order valence-corrected chi connectivity index (χ4v) is 4.26. The summed E-state index contributed by atoms with van der Waals surface area (Å²) in [4.78, 5) is 21.4. The molecule has 1 amide bonds. The Labute approximate surface area is 174 Å². The van der Waals surface area contributed by atoms with Gasteiger partial charge in [-0.25, -0.2) is 13.4 Å². The number of sulfonamides is 1. The van der Waals surface area contributed by atoms with Gasteiger partial charge in [0.25, 0.3) is 0 Å². The van der Waals surface area contributed by atoms with Crippen molar-refractivity contribution in [2.24, 2.45) is 0 Å². The van der Waals surface area contributed by atoms with Crippen LogP contribution in [0.2, 0.25) is 0 Å². The van der Waals surface area contributed by atoms with E-state index in [9.17, 15) is 13.2 Å². The average Bonchev–Trinajstić information content (AvgIpc) is 3.10. The molecule has 0 unspecified atom stereocenters. The smallest absolute Gasteiger partial charge is 0.244 e. The molecule has 2 heterocycles. The lowest BCUT2D eigenvalue weighted by Crippen LogP contribution is -2.46. The molecule has 0 aliphatic carbocycles. The van der Waals surface area contributed by atoms with Gasteiger partial charge in [0.05, 0.1) is 43.3 Å². The number of ether oxygens (including phenoxy) is 2. The quantitative estimate of drug-likeness (QED) is 0.599. The monoisotopic (exact) mass is 442 g/mol. The van der Waals surface area contributed by atoms with Gasteiger partial charge < -0.3 is 9.47 Å². The minimum atomic E-state index is -3.46. The Bertz CT molecular complexity index is 956. The number of carbonyl (C=O) groups is 1. The summed E-state index contributed by atoms with van der Waals surface area (Å²) >= 11 is 1.40. The first-order valence-corrected chi connectivity index (χ1v) is 11.9. The van der Waals surface area contributed by atoms with E-state index >= 15 is 0 Å². The summed E-state index contributed by atoms with van der Waals surface area (Å²) in [5.41, 5.74) is 0.741. The Kier molecular flexibility index (Phi) is 7.06. The van der Waals surface area contributed by atoms with Gasteiger partial charge in [-0.1, -0.05) is 11.3 Å². The number of fused-ring (bicyclic) bond motifs is 1. The molecular weight excluding hydrogens is 416 g/mol. The number of methoxy groups -OCH3 is 1. The third-order valence-electron chi connectivity index (χ3n) is 4.78. The molecule has 9 nitrogen and oxygen atoms in total. The molecule has 3 rings (SSSR count). The minimum absolute atomic E-state index is 0.235. The molecule has 1 aliphatic rings. The van der Waals surface area contributed by atoms with E-state index < -0.39 is 10.0 Å². The molecular formula is C18H26N4O5S2. The van der Waals surface area contributed by atoms with Crippen molar-refractivity contribution >= 4 is 42.6 Å². The fourth-order valence-electron chi connectivity index (χ4n) is 2.92. The van der Waals surface area contributed by atoms with E-state index in [-0.39, 0.29) is 12.5 Å². The highest BCUT2D eigenvalue weighted by molar-refractivity contribution is 7.88. The summed E-state index contributed by atoms with van der Waals surface area (Å²) in [6, 6.07) is 5.58.